The maximum atomic E-state index is 12.0. The maximum absolute atomic E-state index is 12.0. The third-order valence-electron chi connectivity index (χ3n) is 6.07. The SMILES string of the molecule is O=C(O)c1[nH]c2c(/C=C/c3cccc(Cl)c3)cccc2c1CCCOc1cccc2ccccc12. The van der Waals surface area contributed by atoms with Gasteiger partial charge in [-0.3, -0.25) is 0 Å². The van der Waals surface area contributed by atoms with Gasteiger partial charge in [0.25, 0.3) is 0 Å². The number of fused-ring (bicyclic) bond motifs is 2. The molecule has 1 aromatic heterocycles. The highest BCUT2D eigenvalue weighted by Gasteiger charge is 2.18. The molecule has 4 aromatic carbocycles. The van der Waals surface area contributed by atoms with E-state index in [4.69, 9.17) is 16.3 Å². The number of aryl methyl sites for hydroxylation is 1. The van der Waals surface area contributed by atoms with Crippen LogP contribution in [0.5, 0.6) is 5.75 Å². The van der Waals surface area contributed by atoms with Gasteiger partial charge in [0.2, 0.25) is 0 Å². The van der Waals surface area contributed by atoms with E-state index in [1.165, 1.54) is 0 Å². The number of H-pyrrole nitrogens is 1. The minimum Gasteiger partial charge on any atom is -0.493 e. The third kappa shape index (κ3) is 4.93. The zero-order valence-electron chi connectivity index (χ0n) is 19.0. The third-order valence-corrected chi connectivity index (χ3v) is 6.30. The zero-order valence-corrected chi connectivity index (χ0v) is 19.8. The van der Waals surface area contributed by atoms with Gasteiger partial charge in [0.1, 0.15) is 11.4 Å². The topological polar surface area (TPSA) is 62.3 Å². The minimum atomic E-state index is -0.962. The first-order valence-corrected chi connectivity index (χ1v) is 11.9. The molecule has 35 heavy (non-hydrogen) atoms. The van der Waals surface area contributed by atoms with Crippen molar-refractivity contribution in [3.8, 4) is 5.75 Å². The molecule has 0 atom stereocenters. The molecule has 0 radical (unpaired) electrons. The van der Waals surface area contributed by atoms with Crippen LogP contribution in [0.25, 0.3) is 33.8 Å². The molecule has 0 aliphatic carbocycles. The lowest BCUT2D eigenvalue weighted by Gasteiger charge is -2.09. The molecular weight excluding hydrogens is 458 g/mol. The fourth-order valence-electron chi connectivity index (χ4n) is 4.43. The van der Waals surface area contributed by atoms with E-state index in [0.717, 1.165) is 44.1 Å². The van der Waals surface area contributed by atoms with E-state index < -0.39 is 5.97 Å². The van der Waals surface area contributed by atoms with E-state index in [0.29, 0.717) is 24.5 Å². The van der Waals surface area contributed by atoms with Crippen LogP contribution in [0.1, 0.15) is 33.6 Å². The minimum absolute atomic E-state index is 0.230. The van der Waals surface area contributed by atoms with Crippen molar-refractivity contribution in [2.45, 2.75) is 12.8 Å². The molecule has 0 amide bonds. The average molecular weight is 482 g/mol. The molecule has 0 aliphatic rings. The predicted molar refractivity (Wildman–Crippen MR) is 143 cm³/mol. The highest BCUT2D eigenvalue weighted by molar-refractivity contribution is 6.30. The van der Waals surface area contributed by atoms with E-state index in [2.05, 4.69) is 17.1 Å². The van der Waals surface area contributed by atoms with E-state index in [1.54, 1.807) is 0 Å². The number of hydrogen-bond acceptors (Lipinski definition) is 2. The van der Waals surface area contributed by atoms with Gasteiger partial charge in [0, 0.05) is 15.8 Å². The molecule has 0 aliphatic heterocycles. The van der Waals surface area contributed by atoms with E-state index in [-0.39, 0.29) is 5.69 Å². The van der Waals surface area contributed by atoms with Crippen molar-refractivity contribution in [1.29, 1.82) is 0 Å². The Morgan fingerprint density at radius 1 is 0.914 bits per heavy atom. The van der Waals surface area contributed by atoms with Crippen LogP contribution in [0.2, 0.25) is 5.02 Å². The van der Waals surface area contributed by atoms with Crippen LogP contribution in [0.3, 0.4) is 0 Å². The monoisotopic (exact) mass is 481 g/mol. The second kappa shape index (κ2) is 10.1. The number of carboxylic acid groups (broad SMARTS) is 1. The first kappa shape index (κ1) is 22.8. The maximum Gasteiger partial charge on any atom is 0.352 e. The van der Waals surface area contributed by atoms with Crippen LogP contribution in [-0.4, -0.2) is 22.7 Å². The summed E-state index contributed by atoms with van der Waals surface area (Å²) < 4.78 is 6.07. The Hall–Kier alpha value is -4.02. The number of aromatic carboxylic acids is 1. The van der Waals surface area contributed by atoms with Gasteiger partial charge in [-0.25, -0.2) is 4.79 Å². The molecule has 0 spiro atoms. The summed E-state index contributed by atoms with van der Waals surface area (Å²) in [5, 5.41) is 13.6. The fraction of sp³-hybridized carbons (Fsp3) is 0.100. The van der Waals surface area contributed by atoms with Gasteiger partial charge in [-0.1, -0.05) is 90.5 Å². The molecule has 0 bridgehead atoms. The Morgan fingerprint density at radius 3 is 2.54 bits per heavy atom. The van der Waals surface area contributed by atoms with Crippen molar-refractivity contribution in [3.05, 3.63) is 112 Å². The Kier molecular flexibility index (Phi) is 6.55. The molecule has 174 valence electrons. The molecule has 0 fully saturated rings. The lowest BCUT2D eigenvalue weighted by Crippen LogP contribution is -2.04. The first-order chi connectivity index (χ1) is 17.1. The van der Waals surface area contributed by atoms with Crippen LogP contribution < -0.4 is 4.74 Å². The van der Waals surface area contributed by atoms with Gasteiger partial charge in [0.05, 0.1) is 12.1 Å². The first-order valence-electron chi connectivity index (χ1n) is 11.5. The number of nitrogens with one attached hydrogen (secondary N) is 1. The molecule has 4 nitrogen and oxygen atoms in total. The smallest absolute Gasteiger partial charge is 0.352 e. The normalized spacial score (nSPS) is 11.5. The van der Waals surface area contributed by atoms with Crippen molar-refractivity contribution in [2.24, 2.45) is 0 Å². The van der Waals surface area contributed by atoms with Crippen LogP contribution in [0.4, 0.5) is 0 Å². The van der Waals surface area contributed by atoms with Gasteiger partial charge >= 0.3 is 5.97 Å². The van der Waals surface area contributed by atoms with Crippen LogP contribution in [-0.2, 0) is 6.42 Å². The van der Waals surface area contributed by atoms with Crippen LogP contribution >= 0.6 is 11.6 Å². The molecule has 1 heterocycles. The largest absolute Gasteiger partial charge is 0.493 e. The summed E-state index contributed by atoms with van der Waals surface area (Å²) in [5.41, 5.74) is 3.74. The molecule has 5 heteroatoms. The number of aromatic amines is 1. The molecule has 5 rings (SSSR count). The Labute approximate surface area is 208 Å². The quantitative estimate of drug-likeness (QED) is 0.175. The summed E-state index contributed by atoms with van der Waals surface area (Å²) in [6.07, 6.45) is 5.23. The number of para-hydroxylation sites is 1. The number of benzene rings is 4. The van der Waals surface area contributed by atoms with Crippen LogP contribution in [0, 0.1) is 0 Å². The number of aromatic nitrogens is 1. The standard InChI is InChI=1S/C30H24ClNO3/c31-23-11-3-7-20(19-23)16-17-22-10-4-13-25-26(29(30(33)34)32-28(22)25)14-6-18-35-27-15-5-9-21-8-1-2-12-24(21)27/h1-5,7-13,15-17,19,32H,6,14,18H2,(H,33,34)/b17-16+. The highest BCUT2D eigenvalue weighted by atomic mass is 35.5. The van der Waals surface area contributed by atoms with Crippen molar-refractivity contribution in [3.63, 3.8) is 0 Å². The molecular formula is C30H24ClNO3. The number of halogens is 1. The summed E-state index contributed by atoms with van der Waals surface area (Å²) >= 11 is 6.09. The average Bonchev–Trinajstić information content (AvgIpc) is 3.25. The van der Waals surface area contributed by atoms with Gasteiger partial charge in [-0.05, 0) is 53.1 Å². The zero-order chi connectivity index (χ0) is 24.2. The molecule has 5 aromatic rings. The van der Waals surface area contributed by atoms with E-state index in [9.17, 15) is 9.90 Å². The summed E-state index contributed by atoms with van der Waals surface area (Å²) in [6, 6.07) is 27.6. The van der Waals surface area contributed by atoms with Crippen LogP contribution in [0.15, 0.2) is 84.9 Å². The van der Waals surface area contributed by atoms with E-state index >= 15 is 0 Å². The van der Waals surface area contributed by atoms with Crippen molar-refractivity contribution >= 4 is 51.4 Å². The van der Waals surface area contributed by atoms with Gasteiger partial charge < -0.3 is 14.8 Å². The Balaban J connectivity index is 1.37. The molecule has 0 unspecified atom stereocenters. The van der Waals surface area contributed by atoms with Crippen molar-refractivity contribution in [2.75, 3.05) is 6.61 Å². The van der Waals surface area contributed by atoms with E-state index in [1.807, 2.05) is 84.9 Å². The number of ether oxygens (including phenoxy) is 1. The number of carboxylic acids is 1. The Morgan fingerprint density at radius 2 is 1.69 bits per heavy atom. The van der Waals surface area contributed by atoms with Gasteiger partial charge in [0.15, 0.2) is 0 Å². The summed E-state index contributed by atoms with van der Waals surface area (Å²) in [4.78, 5) is 15.2. The van der Waals surface area contributed by atoms with Crippen molar-refractivity contribution in [1.82, 2.24) is 4.98 Å². The predicted octanol–water partition coefficient (Wildman–Crippen LogP) is 7.85. The summed E-state index contributed by atoms with van der Waals surface area (Å²) in [5.74, 6) is -0.120. The van der Waals surface area contributed by atoms with Crippen molar-refractivity contribution < 1.29 is 14.6 Å². The molecule has 0 saturated heterocycles. The summed E-state index contributed by atoms with van der Waals surface area (Å²) in [7, 11) is 0. The summed E-state index contributed by atoms with van der Waals surface area (Å²) in [6.45, 7) is 0.494. The molecule has 0 saturated carbocycles. The lowest BCUT2D eigenvalue weighted by molar-refractivity contribution is 0.0690. The molecule has 2 N–H and O–H groups in total. The number of hydrogen-bond donors (Lipinski definition) is 2. The number of rotatable bonds is 8. The van der Waals surface area contributed by atoms with Gasteiger partial charge in [-0.2, -0.15) is 0 Å². The fourth-order valence-corrected chi connectivity index (χ4v) is 4.62. The second-order valence-electron chi connectivity index (χ2n) is 8.37. The highest BCUT2D eigenvalue weighted by Crippen LogP contribution is 2.29. The second-order valence-corrected chi connectivity index (χ2v) is 8.81. The number of carbonyl (C=O) groups is 1. The van der Waals surface area contributed by atoms with Gasteiger partial charge in [-0.15, -0.1) is 0 Å². The Bertz CT molecular complexity index is 1550. The lowest BCUT2D eigenvalue weighted by atomic mass is 10.0.